The fraction of sp³-hybridized carbons (Fsp3) is 0.190. The van der Waals surface area contributed by atoms with Gasteiger partial charge in [-0.05, 0) is 49.7 Å². The molecule has 0 saturated heterocycles. The Morgan fingerprint density at radius 3 is 2.45 bits per heavy atom. The first kappa shape index (κ1) is 22.2. The lowest BCUT2D eigenvalue weighted by atomic mass is 10.0. The summed E-state index contributed by atoms with van der Waals surface area (Å²) in [6, 6.07) is 9.02. The van der Waals surface area contributed by atoms with Crippen LogP contribution in [0.4, 0.5) is 15.8 Å². The first-order valence-corrected chi connectivity index (χ1v) is 10.3. The summed E-state index contributed by atoms with van der Waals surface area (Å²) in [4.78, 5) is 38.9. The molecule has 0 unspecified atom stereocenters. The van der Waals surface area contributed by atoms with Crippen LogP contribution in [0.25, 0.3) is 11.3 Å². The van der Waals surface area contributed by atoms with Crippen LogP contribution in [0, 0.1) is 19.7 Å². The van der Waals surface area contributed by atoms with E-state index in [2.05, 4.69) is 25.8 Å². The third-order valence-corrected chi connectivity index (χ3v) is 5.04. The first-order valence-electron chi connectivity index (χ1n) is 9.27. The van der Waals surface area contributed by atoms with Gasteiger partial charge in [0.05, 0.1) is 11.4 Å². The van der Waals surface area contributed by atoms with E-state index in [0.717, 1.165) is 22.9 Å². The molecule has 0 bridgehead atoms. The number of rotatable bonds is 6. The molecule has 8 nitrogen and oxygen atoms in total. The number of hydrogen-bond donors (Lipinski definition) is 3. The predicted molar refractivity (Wildman–Crippen MR) is 118 cm³/mol. The zero-order chi connectivity index (χ0) is 22.5. The summed E-state index contributed by atoms with van der Waals surface area (Å²) in [5.74, 6) is -1.03. The molecule has 1 heterocycles. The summed E-state index contributed by atoms with van der Waals surface area (Å²) in [6.45, 7) is 5.09. The van der Waals surface area contributed by atoms with Crippen LogP contribution in [0.1, 0.15) is 18.1 Å². The molecule has 0 aliphatic rings. The molecule has 3 rings (SSSR count). The molecule has 10 heteroatoms. The van der Waals surface area contributed by atoms with Gasteiger partial charge in [-0.25, -0.2) is 4.39 Å². The van der Waals surface area contributed by atoms with Crippen LogP contribution >= 0.6 is 11.8 Å². The number of benzene rings is 2. The minimum atomic E-state index is -0.493. The van der Waals surface area contributed by atoms with Crippen LogP contribution in [-0.2, 0) is 9.59 Å². The molecule has 0 aliphatic heterocycles. The summed E-state index contributed by atoms with van der Waals surface area (Å²) in [5, 5.41) is 13.6. The van der Waals surface area contributed by atoms with E-state index < -0.39 is 11.4 Å². The molecule has 0 aliphatic carbocycles. The number of hydrogen-bond acceptors (Lipinski definition) is 6. The van der Waals surface area contributed by atoms with Gasteiger partial charge in [-0.15, -0.1) is 10.2 Å². The van der Waals surface area contributed by atoms with Crippen molar-refractivity contribution in [2.45, 2.75) is 25.9 Å². The Labute approximate surface area is 181 Å². The number of amides is 2. The Morgan fingerprint density at radius 1 is 1.10 bits per heavy atom. The van der Waals surface area contributed by atoms with Crippen molar-refractivity contribution in [1.29, 1.82) is 0 Å². The molecule has 0 fully saturated rings. The Kier molecular flexibility index (Phi) is 6.81. The molecule has 0 spiro atoms. The monoisotopic (exact) mass is 441 g/mol. The molecular weight excluding hydrogens is 421 g/mol. The number of halogens is 1. The van der Waals surface area contributed by atoms with E-state index in [-0.39, 0.29) is 28.4 Å². The van der Waals surface area contributed by atoms with E-state index >= 15 is 0 Å². The van der Waals surface area contributed by atoms with Crippen LogP contribution in [0.15, 0.2) is 46.3 Å². The molecule has 31 heavy (non-hydrogen) atoms. The van der Waals surface area contributed by atoms with Crippen molar-refractivity contribution >= 4 is 35.0 Å². The molecule has 2 aromatic carbocycles. The van der Waals surface area contributed by atoms with Gasteiger partial charge in [-0.3, -0.25) is 19.4 Å². The zero-order valence-corrected chi connectivity index (χ0v) is 17.9. The van der Waals surface area contributed by atoms with Crippen molar-refractivity contribution in [3.8, 4) is 11.3 Å². The number of aromatic amines is 1. The average molecular weight is 441 g/mol. The van der Waals surface area contributed by atoms with Crippen molar-refractivity contribution in [1.82, 2.24) is 15.2 Å². The molecule has 1 aromatic heterocycles. The SMILES string of the molecule is CC(=O)Nc1c(C)cc(C)cc1-c1nnc(SCC(=O)Nc2ccc(F)cc2)[nH]c1=O. The number of nitrogens with zero attached hydrogens (tertiary/aromatic N) is 2. The molecule has 160 valence electrons. The summed E-state index contributed by atoms with van der Waals surface area (Å²) in [7, 11) is 0. The number of aryl methyl sites for hydroxylation is 2. The highest BCUT2D eigenvalue weighted by atomic mass is 32.2. The Morgan fingerprint density at radius 2 is 1.81 bits per heavy atom. The van der Waals surface area contributed by atoms with Crippen molar-refractivity contribution in [3.63, 3.8) is 0 Å². The van der Waals surface area contributed by atoms with Gasteiger partial charge >= 0.3 is 0 Å². The van der Waals surface area contributed by atoms with Gasteiger partial charge in [0.2, 0.25) is 11.8 Å². The van der Waals surface area contributed by atoms with E-state index in [1.54, 1.807) is 6.07 Å². The van der Waals surface area contributed by atoms with Gasteiger partial charge in [-0.2, -0.15) is 0 Å². The fourth-order valence-corrected chi connectivity index (χ4v) is 3.53. The molecule has 0 radical (unpaired) electrons. The third-order valence-electron chi connectivity index (χ3n) is 4.18. The van der Waals surface area contributed by atoms with E-state index in [9.17, 15) is 18.8 Å². The highest BCUT2D eigenvalue weighted by Gasteiger charge is 2.16. The maximum Gasteiger partial charge on any atom is 0.278 e. The van der Waals surface area contributed by atoms with Crippen LogP contribution < -0.4 is 16.2 Å². The van der Waals surface area contributed by atoms with E-state index in [0.29, 0.717) is 16.9 Å². The lowest BCUT2D eigenvalue weighted by Crippen LogP contribution is -2.18. The Bertz CT molecular complexity index is 1190. The maximum absolute atomic E-state index is 12.9. The molecular formula is C21H20FN5O3S. The number of H-pyrrole nitrogens is 1. The van der Waals surface area contributed by atoms with Crippen LogP contribution in [-0.4, -0.2) is 32.7 Å². The smallest absolute Gasteiger partial charge is 0.278 e. The number of aromatic nitrogens is 3. The standard InChI is InChI=1S/C21H20FN5O3S/c1-11-8-12(2)18(23-13(3)28)16(9-11)19-20(30)25-21(27-26-19)31-10-17(29)24-15-6-4-14(22)5-7-15/h4-9H,10H2,1-3H3,(H,23,28)(H,24,29)(H,25,27,30). The van der Waals surface area contributed by atoms with Crippen molar-refractivity contribution in [3.05, 3.63) is 63.7 Å². The van der Waals surface area contributed by atoms with E-state index in [4.69, 9.17) is 0 Å². The fourth-order valence-electron chi connectivity index (χ4n) is 2.92. The third kappa shape index (κ3) is 5.76. The van der Waals surface area contributed by atoms with Crippen molar-refractivity contribution in [2.24, 2.45) is 0 Å². The van der Waals surface area contributed by atoms with Gasteiger partial charge in [0.1, 0.15) is 5.82 Å². The molecule has 0 atom stereocenters. The van der Waals surface area contributed by atoms with Crippen molar-refractivity contribution < 1.29 is 14.0 Å². The first-order chi connectivity index (χ1) is 14.7. The second-order valence-electron chi connectivity index (χ2n) is 6.84. The molecule has 0 saturated carbocycles. The number of carbonyl (C=O) groups is 2. The van der Waals surface area contributed by atoms with Crippen LogP contribution in [0.5, 0.6) is 0 Å². The largest absolute Gasteiger partial charge is 0.325 e. The second-order valence-corrected chi connectivity index (χ2v) is 7.80. The van der Waals surface area contributed by atoms with Crippen LogP contribution in [0.3, 0.4) is 0 Å². The van der Waals surface area contributed by atoms with Gasteiger partial charge in [0, 0.05) is 18.2 Å². The lowest BCUT2D eigenvalue weighted by molar-refractivity contribution is -0.114. The number of carbonyl (C=O) groups excluding carboxylic acids is 2. The van der Waals surface area contributed by atoms with Gasteiger partial charge < -0.3 is 10.6 Å². The lowest BCUT2D eigenvalue weighted by Gasteiger charge is -2.13. The summed E-state index contributed by atoms with van der Waals surface area (Å²) in [5.41, 5.74) is 2.69. The van der Waals surface area contributed by atoms with Crippen molar-refractivity contribution in [2.75, 3.05) is 16.4 Å². The van der Waals surface area contributed by atoms with E-state index in [1.165, 1.54) is 31.2 Å². The second kappa shape index (κ2) is 9.52. The van der Waals surface area contributed by atoms with E-state index in [1.807, 2.05) is 19.9 Å². The Hall–Kier alpha value is -3.53. The molecule has 3 N–H and O–H groups in total. The topological polar surface area (TPSA) is 117 Å². The molecule has 3 aromatic rings. The zero-order valence-electron chi connectivity index (χ0n) is 17.1. The Balaban J connectivity index is 1.76. The predicted octanol–water partition coefficient (Wildman–Crippen LogP) is 3.28. The number of nitrogens with one attached hydrogen (secondary N) is 3. The normalized spacial score (nSPS) is 10.6. The number of thioether (sulfide) groups is 1. The van der Waals surface area contributed by atoms with Gasteiger partial charge in [-0.1, -0.05) is 23.4 Å². The quantitative estimate of drug-likeness (QED) is 0.506. The van der Waals surface area contributed by atoms with Gasteiger partial charge in [0.15, 0.2) is 10.9 Å². The minimum Gasteiger partial charge on any atom is -0.325 e. The highest BCUT2D eigenvalue weighted by Crippen LogP contribution is 2.29. The summed E-state index contributed by atoms with van der Waals surface area (Å²) < 4.78 is 12.9. The maximum atomic E-state index is 12.9. The summed E-state index contributed by atoms with van der Waals surface area (Å²) in [6.07, 6.45) is 0. The number of anilines is 2. The summed E-state index contributed by atoms with van der Waals surface area (Å²) >= 11 is 1.01. The molecule has 2 amide bonds. The average Bonchev–Trinajstić information content (AvgIpc) is 2.70. The van der Waals surface area contributed by atoms with Crippen LogP contribution in [0.2, 0.25) is 0 Å². The minimum absolute atomic E-state index is 0.0258. The van der Waals surface area contributed by atoms with Gasteiger partial charge in [0.25, 0.3) is 5.56 Å². The highest BCUT2D eigenvalue weighted by molar-refractivity contribution is 7.99.